The Morgan fingerprint density at radius 1 is 0.583 bits per heavy atom. The van der Waals surface area contributed by atoms with Crippen LogP contribution in [0.5, 0.6) is 0 Å². The van der Waals surface area contributed by atoms with Gasteiger partial charge in [0, 0.05) is 33.9 Å². The van der Waals surface area contributed by atoms with E-state index in [1.54, 1.807) is 0 Å². The summed E-state index contributed by atoms with van der Waals surface area (Å²) in [6.45, 7) is 5.32. The molecule has 10 heteroatoms. The van der Waals surface area contributed by atoms with Gasteiger partial charge in [-0.3, -0.25) is 14.4 Å². The van der Waals surface area contributed by atoms with Crippen LogP contribution in [0.25, 0.3) is 0 Å². The number of rotatable bonds is 0. The average Bonchev–Trinajstić information content (AvgIpc) is 2.37. The molecule has 0 amide bonds. The average molecular weight is 352 g/mol. The van der Waals surface area contributed by atoms with E-state index in [2.05, 4.69) is 21.9 Å². The molecule has 0 saturated carbocycles. The first-order chi connectivity index (χ1) is 11.2. The quantitative estimate of drug-likeness (QED) is 0.331. The highest BCUT2D eigenvalue weighted by Gasteiger charge is 1.93. The van der Waals surface area contributed by atoms with E-state index in [1.807, 2.05) is 0 Å². The maximum Gasteiger partial charge on any atom is 0.300 e. The first-order valence-corrected chi connectivity index (χ1v) is 7.74. The van der Waals surface area contributed by atoms with E-state index in [4.69, 9.17) is 29.7 Å². The number of carboxylic acids is 3. The van der Waals surface area contributed by atoms with E-state index < -0.39 is 17.9 Å². The van der Waals surface area contributed by atoms with Crippen molar-refractivity contribution >= 4 is 17.9 Å². The van der Waals surface area contributed by atoms with Crippen LogP contribution in [0.3, 0.4) is 0 Å². The first-order valence-electron chi connectivity index (χ1n) is 7.74. The van der Waals surface area contributed by atoms with Gasteiger partial charge in [0.25, 0.3) is 17.9 Å². The second-order valence-corrected chi connectivity index (χ2v) is 4.78. The van der Waals surface area contributed by atoms with Crippen molar-refractivity contribution in [3.8, 4) is 0 Å². The van der Waals surface area contributed by atoms with Crippen molar-refractivity contribution in [1.82, 2.24) is 21.9 Å². The van der Waals surface area contributed by atoms with E-state index in [1.165, 1.54) is 38.5 Å². The van der Waals surface area contributed by atoms with E-state index in [-0.39, 0.29) is 0 Å². The molecular formula is C14H32N4O6. The molecular weight excluding hydrogens is 320 g/mol. The number of carboxylic acid groups (broad SMARTS) is 3. The summed E-state index contributed by atoms with van der Waals surface area (Å²) in [5.41, 5.74) is 11.9. The largest absolute Gasteiger partial charge is 0.481 e. The Balaban J connectivity index is -0.000000304. The minimum atomic E-state index is -0.833. The summed E-state index contributed by atoms with van der Waals surface area (Å²) in [5, 5.41) is 22.2. The lowest BCUT2D eigenvalue weighted by Gasteiger charge is -2.11. The molecule has 0 radical (unpaired) electrons. The summed E-state index contributed by atoms with van der Waals surface area (Å²) in [6, 6.07) is 0. The molecule has 1 rings (SSSR count). The summed E-state index contributed by atoms with van der Waals surface area (Å²) in [4.78, 5) is 27.0. The molecule has 0 unspecified atom stereocenters. The monoisotopic (exact) mass is 352 g/mol. The number of hydrogen-bond donors (Lipinski definition) is 7. The van der Waals surface area contributed by atoms with Crippen molar-refractivity contribution in [1.29, 1.82) is 0 Å². The van der Waals surface area contributed by atoms with Crippen LogP contribution < -0.4 is 21.9 Å². The van der Waals surface area contributed by atoms with Crippen molar-refractivity contribution in [3.05, 3.63) is 0 Å². The van der Waals surface area contributed by atoms with Crippen molar-refractivity contribution in [3.63, 3.8) is 0 Å². The van der Waals surface area contributed by atoms with Crippen LogP contribution in [0.2, 0.25) is 0 Å². The van der Waals surface area contributed by atoms with E-state index in [0.717, 1.165) is 33.9 Å². The molecule has 0 aromatic carbocycles. The minimum absolute atomic E-state index is 0.833. The lowest BCUT2D eigenvalue weighted by atomic mass is 10.1. The zero-order valence-corrected chi connectivity index (χ0v) is 14.7. The van der Waals surface area contributed by atoms with Crippen molar-refractivity contribution in [2.45, 2.75) is 59.3 Å². The van der Waals surface area contributed by atoms with Gasteiger partial charge in [0.2, 0.25) is 0 Å². The predicted octanol–water partition coefficient (Wildman–Crippen LogP) is 0.717. The first kappa shape index (κ1) is 27.1. The second kappa shape index (κ2) is 23.5. The molecule has 0 aromatic heterocycles. The Kier molecular flexibility index (Phi) is 26.6. The van der Waals surface area contributed by atoms with Gasteiger partial charge in [-0.15, -0.1) is 0 Å². The molecule has 7 N–H and O–H groups in total. The summed E-state index contributed by atoms with van der Waals surface area (Å²) in [7, 11) is 0. The molecule has 1 saturated heterocycles. The van der Waals surface area contributed by atoms with Crippen molar-refractivity contribution in [2.75, 3.05) is 13.1 Å². The Hall–Kier alpha value is -1.75. The number of aliphatic carboxylic acids is 3. The maximum atomic E-state index is 9.00. The Bertz CT molecular complexity index is 232. The number of nitrogens with one attached hydrogen (secondary N) is 4. The standard InChI is InChI=1S/C8H20N4.3C2H4O2/c1-2-4-6-8-10-12-11-9-7-5-3-1;3*1-2(3)4/h9-12H,1-8H2;3*1H3,(H,3,4). The summed E-state index contributed by atoms with van der Waals surface area (Å²) in [6.07, 6.45) is 7.98. The summed E-state index contributed by atoms with van der Waals surface area (Å²) >= 11 is 0. The third kappa shape index (κ3) is 71.4. The molecule has 0 atom stereocenters. The van der Waals surface area contributed by atoms with E-state index in [9.17, 15) is 0 Å². The van der Waals surface area contributed by atoms with Gasteiger partial charge in [0.05, 0.1) is 0 Å². The fourth-order valence-electron chi connectivity index (χ4n) is 1.35. The third-order valence-electron chi connectivity index (χ3n) is 2.09. The lowest BCUT2D eigenvalue weighted by Crippen LogP contribution is -2.51. The lowest BCUT2D eigenvalue weighted by molar-refractivity contribution is -0.135. The number of carbonyl (C=O) groups is 3. The zero-order valence-electron chi connectivity index (χ0n) is 14.7. The third-order valence-corrected chi connectivity index (χ3v) is 2.09. The normalized spacial score (nSPS) is 15.1. The molecule has 10 nitrogen and oxygen atoms in total. The highest BCUT2D eigenvalue weighted by atomic mass is 16.4. The van der Waals surface area contributed by atoms with Crippen LogP contribution in [-0.2, 0) is 14.4 Å². The fourth-order valence-corrected chi connectivity index (χ4v) is 1.35. The number of hydrogen-bond acceptors (Lipinski definition) is 7. The van der Waals surface area contributed by atoms with Crippen LogP contribution in [0.15, 0.2) is 0 Å². The smallest absolute Gasteiger partial charge is 0.300 e. The van der Waals surface area contributed by atoms with Crippen LogP contribution in [0.1, 0.15) is 59.3 Å². The summed E-state index contributed by atoms with van der Waals surface area (Å²) in [5.74, 6) is -2.50. The SMILES string of the molecule is C1CCCCNNNNCCC1.CC(=O)O.CC(=O)O.CC(=O)O. The van der Waals surface area contributed by atoms with Gasteiger partial charge in [-0.05, 0) is 12.8 Å². The second-order valence-electron chi connectivity index (χ2n) is 4.78. The van der Waals surface area contributed by atoms with Crippen LogP contribution in [0, 0.1) is 0 Å². The van der Waals surface area contributed by atoms with Gasteiger partial charge < -0.3 is 15.3 Å². The van der Waals surface area contributed by atoms with Crippen molar-refractivity contribution in [2.24, 2.45) is 0 Å². The van der Waals surface area contributed by atoms with Gasteiger partial charge in [0.15, 0.2) is 0 Å². The number of hydrazine groups is 3. The molecule has 1 fully saturated rings. The minimum Gasteiger partial charge on any atom is -0.481 e. The molecule has 24 heavy (non-hydrogen) atoms. The molecule has 0 spiro atoms. The maximum absolute atomic E-state index is 9.00. The molecule has 0 bridgehead atoms. The van der Waals surface area contributed by atoms with Gasteiger partial charge in [-0.2, -0.15) is 11.1 Å². The van der Waals surface area contributed by atoms with Gasteiger partial charge in [-0.1, -0.05) is 25.7 Å². The van der Waals surface area contributed by atoms with Gasteiger partial charge >= 0.3 is 0 Å². The molecule has 1 heterocycles. The van der Waals surface area contributed by atoms with Crippen molar-refractivity contribution < 1.29 is 29.7 Å². The fraction of sp³-hybridized carbons (Fsp3) is 0.786. The summed E-state index contributed by atoms with van der Waals surface area (Å²) < 4.78 is 0. The highest BCUT2D eigenvalue weighted by molar-refractivity contribution is 5.63. The van der Waals surface area contributed by atoms with E-state index >= 15 is 0 Å². The predicted molar refractivity (Wildman–Crippen MR) is 89.9 cm³/mol. The Labute approximate surface area is 142 Å². The van der Waals surface area contributed by atoms with E-state index in [0.29, 0.717) is 0 Å². The highest BCUT2D eigenvalue weighted by Crippen LogP contribution is 2.04. The Morgan fingerprint density at radius 3 is 1.04 bits per heavy atom. The molecule has 144 valence electrons. The molecule has 0 aromatic rings. The molecule has 1 aliphatic rings. The van der Waals surface area contributed by atoms with Crippen LogP contribution in [0.4, 0.5) is 0 Å². The topological polar surface area (TPSA) is 160 Å². The molecule has 0 aliphatic carbocycles. The Morgan fingerprint density at radius 2 is 0.792 bits per heavy atom. The van der Waals surface area contributed by atoms with Crippen LogP contribution in [-0.4, -0.2) is 46.3 Å². The van der Waals surface area contributed by atoms with Crippen LogP contribution >= 0.6 is 0 Å². The molecule has 1 aliphatic heterocycles. The van der Waals surface area contributed by atoms with Gasteiger partial charge in [0.1, 0.15) is 0 Å². The van der Waals surface area contributed by atoms with Gasteiger partial charge in [-0.25, -0.2) is 10.9 Å². The zero-order chi connectivity index (χ0) is 19.2.